The van der Waals surface area contributed by atoms with Crippen molar-refractivity contribution >= 4 is 5.96 Å². The highest BCUT2D eigenvalue weighted by Crippen LogP contribution is 2.40. The lowest BCUT2D eigenvalue weighted by molar-refractivity contribution is 0.206. The number of hydrogen-bond acceptors (Lipinski definition) is 2. The molecule has 2 unspecified atom stereocenters. The first-order chi connectivity index (χ1) is 11.8. The molecular weight excluding hydrogens is 296 g/mol. The van der Waals surface area contributed by atoms with Crippen molar-refractivity contribution < 1.29 is 0 Å². The number of piperidine rings is 1. The highest BCUT2D eigenvalue weighted by atomic mass is 15.2. The van der Waals surface area contributed by atoms with Crippen molar-refractivity contribution in [2.24, 2.45) is 4.99 Å². The van der Waals surface area contributed by atoms with E-state index in [0.29, 0.717) is 18.0 Å². The summed E-state index contributed by atoms with van der Waals surface area (Å²) in [4.78, 5) is 7.24. The molecule has 1 saturated carbocycles. The van der Waals surface area contributed by atoms with Gasteiger partial charge in [0.15, 0.2) is 5.96 Å². The molecule has 2 fully saturated rings. The summed E-state index contributed by atoms with van der Waals surface area (Å²) in [6.07, 6.45) is 4.91. The molecule has 4 heteroatoms. The molecule has 1 aromatic carbocycles. The molecule has 0 aromatic heterocycles. The van der Waals surface area contributed by atoms with E-state index in [4.69, 9.17) is 0 Å². The third kappa shape index (κ3) is 4.73. The first-order valence-corrected chi connectivity index (χ1v) is 9.65. The molecule has 132 valence electrons. The van der Waals surface area contributed by atoms with Crippen LogP contribution in [0.2, 0.25) is 0 Å². The Kier molecular flexibility index (Phi) is 6.13. The normalized spacial score (nSPS) is 25.5. The Morgan fingerprint density at radius 2 is 1.88 bits per heavy atom. The van der Waals surface area contributed by atoms with Gasteiger partial charge in [-0.1, -0.05) is 37.3 Å². The summed E-state index contributed by atoms with van der Waals surface area (Å²) in [7, 11) is 0. The number of hydrogen-bond donors (Lipinski definition) is 2. The predicted molar refractivity (Wildman–Crippen MR) is 102 cm³/mol. The molecule has 1 saturated heterocycles. The minimum atomic E-state index is 0.533. The minimum absolute atomic E-state index is 0.533. The Morgan fingerprint density at radius 3 is 2.54 bits per heavy atom. The standard InChI is InChI=1S/C20H32N4/c1-3-12-24-13-10-17(11-14-24)22-20(21-4-2)23-19-15-18(19)16-8-6-5-7-9-16/h5-9,17-19H,3-4,10-15H2,1-2H3,(H2,21,22,23). The molecule has 24 heavy (non-hydrogen) atoms. The second-order valence-corrected chi connectivity index (χ2v) is 7.09. The van der Waals surface area contributed by atoms with Crippen LogP contribution < -0.4 is 10.6 Å². The highest BCUT2D eigenvalue weighted by molar-refractivity contribution is 5.81. The van der Waals surface area contributed by atoms with Gasteiger partial charge in [0.2, 0.25) is 0 Å². The Labute approximate surface area is 146 Å². The summed E-state index contributed by atoms with van der Waals surface area (Å²) in [5.74, 6) is 1.65. The highest BCUT2D eigenvalue weighted by Gasteiger charge is 2.39. The fraction of sp³-hybridized carbons (Fsp3) is 0.650. The summed E-state index contributed by atoms with van der Waals surface area (Å²) < 4.78 is 0. The molecule has 0 amide bonds. The zero-order valence-electron chi connectivity index (χ0n) is 15.2. The molecule has 4 nitrogen and oxygen atoms in total. The van der Waals surface area contributed by atoms with Gasteiger partial charge in [0.05, 0.1) is 0 Å². The molecule has 1 heterocycles. The summed E-state index contributed by atoms with van der Waals surface area (Å²) >= 11 is 0. The molecule has 1 aromatic rings. The average molecular weight is 329 g/mol. The van der Waals surface area contributed by atoms with Crippen LogP contribution in [0.4, 0.5) is 0 Å². The number of likely N-dealkylation sites (tertiary alicyclic amines) is 1. The fourth-order valence-corrected chi connectivity index (χ4v) is 3.70. The molecule has 1 aliphatic carbocycles. The van der Waals surface area contributed by atoms with E-state index in [-0.39, 0.29) is 0 Å². The van der Waals surface area contributed by atoms with E-state index in [2.05, 4.69) is 64.7 Å². The number of guanidine groups is 1. The second kappa shape index (κ2) is 8.52. The van der Waals surface area contributed by atoms with Crippen LogP contribution in [0.15, 0.2) is 35.3 Å². The molecule has 0 bridgehead atoms. The van der Waals surface area contributed by atoms with Gasteiger partial charge in [-0.2, -0.15) is 0 Å². The van der Waals surface area contributed by atoms with Crippen LogP contribution in [0.1, 0.15) is 51.0 Å². The molecular formula is C20H32N4. The smallest absolute Gasteiger partial charge is 0.191 e. The van der Waals surface area contributed by atoms with E-state index in [1.807, 2.05) is 0 Å². The molecule has 1 aliphatic heterocycles. The lowest BCUT2D eigenvalue weighted by atomic mass is 10.1. The molecule has 0 spiro atoms. The maximum absolute atomic E-state index is 4.66. The Morgan fingerprint density at radius 1 is 1.12 bits per heavy atom. The largest absolute Gasteiger partial charge is 0.354 e. The van der Waals surface area contributed by atoms with Crippen molar-refractivity contribution in [3.05, 3.63) is 35.9 Å². The zero-order chi connectivity index (χ0) is 16.8. The lowest BCUT2D eigenvalue weighted by Gasteiger charge is -2.33. The SMILES string of the molecule is CCCN1CCC(NC(=NCC)NC2CC2c2ccccc2)CC1. The van der Waals surface area contributed by atoms with Crippen LogP contribution >= 0.6 is 0 Å². The van der Waals surface area contributed by atoms with Crippen LogP contribution in [0.5, 0.6) is 0 Å². The van der Waals surface area contributed by atoms with Gasteiger partial charge in [-0.05, 0) is 44.7 Å². The van der Waals surface area contributed by atoms with Crippen LogP contribution in [0, 0.1) is 0 Å². The summed E-state index contributed by atoms with van der Waals surface area (Å²) in [6.45, 7) is 8.85. The topological polar surface area (TPSA) is 39.7 Å². The number of nitrogens with one attached hydrogen (secondary N) is 2. The van der Waals surface area contributed by atoms with E-state index in [1.54, 1.807) is 0 Å². The number of aliphatic imine (C=N–C) groups is 1. The third-order valence-corrected chi connectivity index (χ3v) is 5.12. The predicted octanol–water partition coefficient (Wildman–Crippen LogP) is 2.97. The van der Waals surface area contributed by atoms with E-state index in [0.717, 1.165) is 12.5 Å². The van der Waals surface area contributed by atoms with E-state index in [1.165, 1.54) is 50.9 Å². The van der Waals surface area contributed by atoms with Crippen molar-refractivity contribution in [2.75, 3.05) is 26.2 Å². The van der Waals surface area contributed by atoms with Gasteiger partial charge < -0.3 is 15.5 Å². The number of rotatable bonds is 6. The van der Waals surface area contributed by atoms with Crippen LogP contribution in [-0.4, -0.2) is 49.1 Å². The molecule has 2 atom stereocenters. The van der Waals surface area contributed by atoms with Crippen molar-refractivity contribution in [1.82, 2.24) is 15.5 Å². The van der Waals surface area contributed by atoms with E-state index >= 15 is 0 Å². The molecule has 2 N–H and O–H groups in total. The van der Waals surface area contributed by atoms with Crippen molar-refractivity contribution in [2.45, 2.75) is 57.5 Å². The lowest BCUT2D eigenvalue weighted by Crippen LogP contribution is -2.49. The van der Waals surface area contributed by atoms with Gasteiger partial charge in [-0.15, -0.1) is 0 Å². The van der Waals surface area contributed by atoms with Gasteiger partial charge in [-0.25, -0.2) is 0 Å². The number of nitrogens with zero attached hydrogens (tertiary/aromatic N) is 2. The Balaban J connectivity index is 1.47. The number of benzene rings is 1. The molecule has 2 aliphatic rings. The Hall–Kier alpha value is -1.55. The summed E-state index contributed by atoms with van der Waals surface area (Å²) in [5.41, 5.74) is 1.44. The summed E-state index contributed by atoms with van der Waals surface area (Å²) in [6, 6.07) is 11.9. The van der Waals surface area contributed by atoms with Gasteiger partial charge in [0.25, 0.3) is 0 Å². The van der Waals surface area contributed by atoms with Crippen molar-refractivity contribution in [1.29, 1.82) is 0 Å². The third-order valence-electron chi connectivity index (χ3n) is 5.12. The second-order valence-electron chi connectivity index (χ2n) is 7.09. The quantitative estimate of drug-likeness (QED) is 0.623. The van der Waals surface area contributed by atoms with Gasteiger partial charge in [0, 0.05) is 37.6 Å². The molecule has 3 rings (SSSR count). The van der Waals surface area contributed by atoms with Crippen LogP contribution in [-0.2, 0) is 0 Å². The van der Waals surface area contributed by atoms with Crippen LogP contribution in [0.3, 0.4) is 0 Å². The average Bonchev–Trinajstić information content (AvgIpc) is 3.37. The fourth-order valence-electron chi connectivity index (χ4n) is 3.70. The maximum Gasteiger partial charge on any atom is 0.191 e. The maximum atomic E-state index is 4.66. The van der Waals surface area contributed by atoms with Gasteiger partial charge in [0.1, 0.15) is 0 Å². The van der Waals surface area contributed by atoms with Crippen molar-refractivity contribution in [3.8, 4) is 0 Å². The summed E-state index contributed by atoms with van der Waals surface area (Å²) in [5, 5.41) is 7.32. The minimum Gasteiger partial charge on any atom is -0.354 e. The van der Waals surface area contributed by atoms with E-state index in [9.17, 15) is 0 Å². The monoisotopic (exact) mass is 328 g/mol. The first-order valence-electron chi connectivity index (χ1n) is 9.65. The van der Waals surface area contributed by atoms with Crippen molar-refractivity contribution in [3.63, 3.8) is 0 Å². The zero-order valence-corrected chi connectivity index (χ0v) is 15.2. The van der Waals surface area contributed by atoms with Gasteiger partial charge in [-0.3, -0.25) is 4.99 Å². The first kappa shape index (κ1) is 17.3. The Bertz CT molecular complexity index is 520. The van der Waals surface area contributed by atoms with E-state index < -0.39 is 0 Å². The van der Waals surface area contributed by atoms with Gasteiger partial charge >= 0.3 is 0 Å². The molecule has 0 radical (unpaired) electrons. The van der Waals surface area contributed by atoms with Crippen LogP contribution in [0.25, 0.3) is 0 Å².